The van der Waals surface area contributed by atoms with Crippen LogP contribution in [-0.4, -0.2) is 22.6 Å². The number of azo groups is 1. The van der Waals surface area contributed by atoms with E-state index in [2.05, 4.69) is 16.8 Å². The lowest BCUT2D eigenvalue weighted by Crippen LogP contribution is -2.25. The monoisotopic (exact) mass is 427 g/mol. The molecule has 0 amide bonds. The summed E-state index contributed by atoms with van der Waals surface area (Å²) in [6.45, 7) is 9.95. The molecule has 0 saturated heterocycles. The van der Waals surface area contributed by atoms with Crippen molar-refractivity contribution >= 4 is 29.2 Å². The van der Waals surface area contributed by atoms with Gasteiger partial charge in [0, 0.05) is 11.6 Å². The van der Waals surface area contributed by atoms with Gasteiger partial charge in [0.2, 0.25) is 5.75 Å². The van der Waals surface area contributed by atoms with Gasteiger partial charge in [0.15, 0.2) is 5.75 Å². The fraction of sp³-hybridized carbons (Fsp3) is 0.238. The zero-order valence-electron chi connectivity index (χ0n) is 17.4. The van der Waals surface area contributed by atoms with Gasteiger partial charge in [-0.05, 0) is 52.0 Å². The number of benzene rings is 2. The van der Waals surface area contributed by atoms with Crippen LogP contribution in [0.2, 0.25) is 0 Å². The van der Waals surface area contributed by atoms with Gasteiger partial charge in [-0.2, -0.15) is 5.11 Å². The first-order valence-electron chi connectivity index (χ1n) is 9.04. The fourth-order valence-electron chi connectivity index (χ4n) is 2.08. The summed E-state index contributed by atoms with van der Waals surface area (Å²) in [7, 11) is 0. The third-order valence-corrected chi connectivity index (χ3v) is 3.41. The smallest absolute Gasteiger partial charge is 0.428 e. The molecule has 10 nitrogen and oxygen atoms in total. The molecule has 0 saturated carbocycles. The largest absolute Gasteiger partial charge is 0.514 e. The van der Waals surface area contributed by atoms with Gasteiger partial charge >= 0.3 is 17.8 Å². The molecule has 2 aromatic carbocycles. The summed E-state index contributed by atoms with van der Waals surface area (Å²) < 4.78 is 15.2. The summed E-state index contributed by atoms with van der Waals surface area (Å²) in [5, 5.41) is 19.3. The minimum absolute atomic E-state index is 0.0969. The molecule has 31 heavy (non-hydrogen) atoms. The first-order valence-corrected chi connectivity index (χ1v) is 9.04. The molecule has 0 aliphatic rings. The summed E-state index contributed by atoms with van der Waals surface area (Å²) in [5.41, 5.74) is -0.784. The predicted molar refractivity (Wildman–Crippen MR) is 111 cm³/mol. The molecule has 2 aromatic rings. The van der Waals surface area contributed by atoms with Crippen molar-refractivity contribution in [2.24, 2.45) is 10.2 Å². The van der Waals surface area contributed by atoms with Gasteiger partial charge in [0.05, 0.1) is 10.6 Å². The Bertz CT molecular complexity index is 1060. The van der Waals surface area contributed by atoms with Crippen molar-refractivity contribution in [3.05, 3.63) is 64.7 Å². The molecule has 0 N–H and O–H groups in total. The number of nitro benzene ring substituents is 1. The van der Waals surface area contributed by atoms with Crippen LogP contribution in [0.1, 0.15) is 27.7 Å². The van der Waals surface area contributed by atoms with E-state index in [1.54, 1.807) is 39.0 Å². The van der Waals surface area contributed by atoms with Gasteiger partial charge < -0.3 is 14.2 Å². The first kappa shape index (κ1) is 23.2. The number of nitrogens with zero attached hydrogens (tertiary/aromatic N) is 3. The summed E-state index contributed by atoms with van der Waals surface area (Å²) in [6, 6.07) is 10.0. The van der Waals surface area contributed by atoms with Crippen molar-refractivity contribution in [2.75, 3.05) is 0 Å². The van der Waals surface area contributed by atoms with Crippen LogP contribution in [0.4, 0.5) is 21.9 Å². The van der Waals surface area contributed by atoms with Crippen molar-refractivity contribution in [1.29, 1.82) is 0 Å². The van der Waals surface area contributed by atoms with E-state index in [4.69, 9.17) is 14.2 Å². The maximum Gasteiger partial charge on any atom is 0.514 e. The average Bonchev–Trinajstić information content (AvgIpc) is 2.66. The van der Waals surface area contributed by atoms with Crippen molar-refractivity contribution in [2.45, 2.75) is 33.3 Å². The zero-order chi connectivity index (χ0) is 23.2. The Morgan fingerprint density at radius 2 is 1.71 bits per heavy atom. The Labute approximate surface area is 178 Å². The highest BCUT2D eigenvalue weighted by Gasteiger charge is 2.20. The van der Waals surface area contributed by atoms with Crippen molar-refractivity contribution in [1.82, 2.24) is 0 Å². The molecule has 10 heteroatoms. The molecule has 0 radical (unpaired) electrons. The maximum atomic E-state index is 11.9. The number of hydrogen-bond acceptors (Lipinski definition) is 9. The molecule has 0 unspecified atom stereocenters. The standard InChI is InChI=1S/C21H21N3O7/c1-13(2)19(25)29-18-11-10-14(12-16(18)24(27)28)22-23-15-8-6-7-9-17(15)30-20(26)31-21(3,4)5/h6-12H,1H2,2-5H3. The second kappa shape index (κ2) is 9.61. The van der Waals surface area contributed by atoms with Crippen LogP contribution in [0.25, 0.3) is 0 Å². The quantitative estimate of drug-likeness (QED) is 0.108. The molecule has 0 aromatic heterocycles. The molecular formula is C21H21N3O7. The second-order valence-corrected chi connectivity index (χ2v) is 7.31. The number of esters is 1. The van der Waals surface area contributed by atoms with Gasteiger partial charge in [-0.15, -0.1) is 5.11 Å². The van der Waals surface area contributed by atoms with Crippen LogP contribution in [-0.2, 0) is 9.53 Å². The van der Waals surface area contributed by atoms with E-state index in [9.17, 15) is 19.7 Å². The normalized spacial score (nSPS) is 11.1. The highest BCUT2D eigenvalue weighted by Crippen LogP contribution is 2.34. The van der Waals surface area contributed by atoms with E-state index < -0.39 is 28.3 Å². The number of hydrogen-bond donors (Lipinski definition) is 0. The van der Waals surface area contributed by atoms with Gasteiger partial charge in [-0.3, -0.25) is 10.1 Å². The lowest BCUT2D eigenvalue weighted by Gasteiger charge is -2.18. The summed E-state index contributed by atoms with van der Waals surface area (Å²) in [5.74, 6) is -0.932. The SMILES string of the molecule is C=C(C)C(=O)Oc1ccc(N=Nc2ccccc2OC(=O)OC(C)(C)C)cc1[N+](=O)[O-]. The third-order valence-electron chi connectivity index (χ3n) is 3.41. The van der Waals surface area contributed by atoms with Gasteiger partial charge in [-0.25, -0.2) is 9.59 Å². The molecular weight excluding hydrogens is 406 g/mol. The fourth-order valence-corrected chi connectivity index (χ4v) is 2.08. The minimum atomic E-state index is -0.908. The molecule has 2 rings (SSSR count). The minimum Gasteiger partial charge on any atom is -0.428 e. The topological polar surface area (TPSA) is 130 Å². The molecule has 0 aliphatic heterocycles. The lowest BCUT2D eigenvalue weighted by molar-refractivity contribution is -0.385. The zero-order valence-corrected chi connectivity index (χ0v) is 17.4. The predicted octanol–water partition coefficient (Wildman–Crippen LogP) is 5.81. The number of rotatable bonds is 6. The van der Waals surface area contributed by atoms with E-state index in [0.29, 0.717) is 0 Å². The van der Waals surface area contributed by atoms with Crippen LogP contribution >= 0.6 is 0 Å². The molecule has 0 bridgehead atoms. The van der Waals surface area contributed by atoms with E-state index in [1.807, 2.05) is 0 Å². The van der Waals surface area contributed by atoms with Crippen molar-refractivity contribution in [3.8, 4) is 11.5 Å². The van der Waals surface area contributed by atoms with Crippen LogP contribution in [0.15, 0.2) is 64.8 Å². The summed E-state index contributed by atoms with van der Waals surface area (Å²) in [6.07, 6.45) is -0.908. The Hall–Kier alpha value is -4.08. The highest BCUT2D eigenvalue weighted by atomic mass is 16.7. The number of carbonyl (C=O) groups excluding carboxylic acids is 2. The second-order valence-electron chi connectivity index (χ2n) is 7.31. The summed E-state index contributed by atoms with van der Waals surface area (Å²) >= 11 is 0. The van der Waals surface area contributed by atoms with Crippen molar-refractivity contribution < 1.29 is 28.7 Å². The Morgan fingerprint density at radius 3 is 2.32 bits per heavy atom. The third kappa shape index (κ3) is 7.03. The van der Waals surface area contributed by atoms with E-state index in [1.165, 1.54) is 25.1 Å². The van der Waals surface area contributed by atoms with Crippen LogP contribution in [0.5, 0.6) is 11.5 Å². The summed E-state index contributed by atoms with van der Waals surface area (Å²) in [4.78, 5) is 34.2. The molecule has 162 valence electrons. The van der Waals surface area contributed by atoms with Crippen LogP contribution in [0.3, 0.4) is 0 Å². The van der Waals surface area contributed by atoms with E-state index in [-0.39, 0.29) is 28.4 Å². The first-order chi connectivity index (χ1) is 14.5. The van der Waals surface area contributed by atoms with Gasteiger partial charge in [0.25, 0.3) is 0 Å². The highest BCUT2D eigenvalue weighted by molar-refractivity contribution is 5.89. The van der Waals surface area contributed by atoms with Crippen LogP contribution < -0.4 is 9.47 Å². The Balaban J connectivity index is 2.27. The van der Waals surface area contributed by atoms with Crippen LogP contribution in [0, 0.1) is 10.1 Å². The van der Waals surface area contributed by atoms with Gasteiger partial charge in [-0.1, -0.05) is 18.7 Å². The number of ether oxygens (including phenoxy) is 3. The Kier molecular flexibility index (Phi) is 7.19. The maximum absolute atomic E-state index is 11.9. The van der Waals surface area contributed by atoms with Crippen molar-refractivity contribution in [3.63, 3.8) is 0 Å². The molecule has 0 aliphatic carbocycles. The number of carbonyl (C=O) groups is 2. The van der Waals surface area contributed by atoms with E-state index >= 15 is 0 Å². The number of para-hydroxylation sites is 1. The number of nitro groups is 1. The molecule has 0 spiro atoms. The molecule has 0 fully saturated rings. The molecule has 0 atom stereocenters. The molecule has 0 heterocycles. The van der Waals surface area contributed by atoms with E-state index in [0.717, 1.165) is 6.07 Å². The Morgan fingerprint density at radius 1 is 1.03 bits per heavy atom. The average molecular weight is 427 g/mol. The lowest BCUT2D eigenvalue weighted by atomic mass is 10.2. The van der Waals surface area contributed by atoms with Gasteiger partial charge in [0.1, 0.15) is 11.3 Å².